The second kappa shape index (κ2) is 9.93. The summed E-state index contributed by atoms with van der Waals surface area (Å²) in [6.07, 6.45) is 1.44. The van der Waals surface area contributed by atoms with E-state index in [1.165, 1.54) is 6.08 Å². The number of carbonyl (C=O) groups excluding carboxylic acids is 2. The fourth-order valence-electron chi connectivity index (χ4n) is 2.49. The molecular formula is C22H23N3O3. The van der Waals surface area contributed by atoms with E-state index in [2.05, 4.69) is 5.32 Å². The van der Waals surface area contributed by atoms with Crippen molar-refractivity contribution in [1.82, 2.24) is 5.32 Å². The number of esters is 1. The molecule has 0 aliphatic rings. The van der Waals surface area contributed by atoms with E-state index in [1.54, 1.807) is 12.1 Å². The molecule has 1 amide bonds. The number of rotatable bonds is 7. The maximum atomic E-state index is 12.1. The molecule has 0 radical (unpaired) electrons. The summed E-state index contributed by atoms with van der Waals surface area (Å²) >= 11 is 0. The topological polar surface area (TPSA) is 82.4 Å². The number of nitrogens with zero attached hydrogens (tertiary/aromatic N) is 2. The molecule has 6 nitrogen and oxygen atoms in total. The summed E-state index contributed by atoms with van der Waals surface area (Å²) in [5.41, 5.74) is 2.48. The number of amides is 1. The van der Waals surface area contributed by atoms with Gasteiger partial charge >= 0.3 is 5.97 Å². The predicted molar refractivity (Wildman–Crippen MR) is 108 cm³/mol. The van der Waals surface area contributed by atoms with E-state index in [9.17, 15) is 14.9 Å². The summed E-state index contributed by atoms with van der Waals surface area (Å²) < 4.78 is 4.98. The Morgan fingerprint density at radius 1 is 1.14 bits per heavy atom. The molecule has 0 saturated heterocycles. The Labute approximate surface area is 165 Å². The van der Waals surface area contributed by atoms with Crippen LogP contribution in [0.3, 0.4) is 0 Å². The summed E-state index contributed by atoms with van der Waals surface area (Å²) in [7, 11) is 3.85. The van der Waals surface area contributed by atoms with Crippen LogP contribution in [-0.4, -0.2) is 32.6 Å². The van der Waals surface area contributed by atoms with Gasteiger partial charge in [-0.25, -0.2) is 4.79 Å². The van der Waals surface area contributed by atoms with E-state index < -0.39 is 18.5 Å². The Morgan fingerprint density at radius 3 is 2.36 bits per heavy atom. The van der Waals surface area contributed by atoms with Crippen molar-refractivity contribution in [3.05, 3.63) is 71.3 Å². The molecule has 2 aromatic rings. The van der Waals surface area contributed by atoms with Crippen LogP contribution < -0.4 is 10.2 Å². The van der Waals surface area contributed by atoms with Crippen molar-refractivity contribution in [2.24, 2.45) is 0 Å². The van der Waals surface area contributed by atoms with Gasteiger partial charge in [0.2, 0.25) is 0 Å². The molecule has 1 atom stereocenters. The highest BCUT2D eigenvalue weighted by Crippen LogP contribution is 2.15. The molecule has 0 saturated carbocycles. The molecule has 0 unspecified atom stereocenters. The quantitative estimate of drug-likeness (QED) is 0.455. The highest BCUT2D eigenvalue weighted by molar-refractivity contribution is 5.98. The van der Waals surface area contributed by atoms with Crippen molar-refractivity contribution >= 4 is 23.6 Å². The van der Waals surface area contributed by atoms with E-state index in [1.807, 2.05) is 74.5 Å². The molecule has 0 spiro atoms. The summed E-state index contributed by atoms with van der Waals surface area (Å²) in [5.74, 6) is -1.26. The third kappa shape index (κ3) is 5.99. The number of nitrogens with one attached hydrogen (secondary N) is 1. The Kier molecular flexibility index (Phi) is 7.35. The number of hydrogen-bond donors (Lipinski definition) is 1. The van der Waals surface area contributed by atoms with Crippen molar-refractivity contribution in [2.75, 3.05) is 25.6 Å². The molecule has 0 fully saturated rings. The third-order valence-corrected chi connectivity index (χ3v) is 4.07. The molecule has 0 bridgehead atoms. The first-order valence-electron chi connectivity index (χ1n) is 8.81. The molecule has 6 heteroatoms. The van der Waals surface area contributed by atoms with E-state index >= 15 is 0 Å². The smallest absolute Gasteiger partial charge is 0.349 e. The van der Waals surface area contributed by atoms with Gasteiger partial charge in [0.25, 0.3) is 5.91 Å². The average Bonchev–Trinajstić information content (AvgIpc) is 2.71. The number of ether oxygens (including phenoxy) is 1. The fourth-order valence-corrected chi connectivity index (χ4v) is 2.49. The molecule has 0 aliphatic carbocycles. The number of hydrogen-bond acceptors (Lipinski definition) is 5. The zero-order valence-corrected chi connectivity index (χ0v) is 16.2. The summed E-state index contributed by atoms with van der Waals surface area (Å²) in [5, 5.41) is 12.0. The number of benzene rings is 2. The minimum absolute atomic E-state index is 0.165. The van der Waals surface area contributed by atoms with Crippen molar-refractivity contribution in [2.45, 2.75) is 13.0 Å². The largest absolute Gasteiger partial charge is 0.451 e. The Bertz CT molecular complexity index is 881. The van der Waals surface area contributed by atoms with Crippen LogP contribution in [0.4, 0.5) is 5.69 Å². The SMILES string of the molecule is C[C@H](NC(=O)COC(=O)/C(C#N)=C/c1ccc(N(C)C)cc1)c1ccccc1. The normalized spacial score (nSPS) is 11.9. The van der Waals surface area contributed by atoms with Gasteiger partial charge in [-0.05, 0) is 36.3 Å². The molecular weight excluding hydrogens is 354 g/mol. The lowest BCUT2D eigenvalue weighted by Crippen LogP contribution is -2.31. The lowest BCUT2D eigenvalue weighted by Gasteiger charge is -2.14. The molecule has 2 aromatic carbocycles. The highest BCUT2D eigenvalue weighted by Gasteiger charge is 2.15. The highest BCUT2D eigenvalue weighted by atomic mass is 16.5. The van der Waals surface area contributed by atoms with Gasteiger partial charge in [-0.1, -0.05) is 42.5 Å². The standard InChI is InChI=1S/C22H23N3O3/c1-16(18-7-5-4-6-8-18)24-21(26)15-28-22(27)19(14-23)13-17-9-11-20(12-10-17)25(2)3/h4-13,16H,15H2,1-3H3,(H,24,26)/b19-13+/t16-/m0/s1. The second-order valence-corrected chi connectivity index (χ2v) is 6.43. The van der Waals surface area contributed by atoms with Crippen LogP contribution in [0.15, 0.2) is 60.2 Å². The van der Waals surface area contributed by atoms with Crippen molar-refractivity contribution in [3.63, 3.8) is 0 Å². The van der Waals surface area contributed by atoms with Gasteiger partial charge in [0.15, 0.2) is 6.61 Å². The van der Waals surface area contributed by atoms with E-state index in [0.29, 0.717) is 5.56 Å². The first kappa shape index (κ1) is 20.7. The molecule has 28 heavy (non-hydrogen) atoms. The maximum Gasteiger partial charge on any atom is 0.349 e. The number of anilines is 1. The minimum Gasteiger partial charge on any atom is -0.451 e. The van der Waals surface area contributed by atoms with Crippen LogP contribution in [0.2, 0.25) is 0 Å². The first-order chi connectivity index (χ1) is 13.4. The second-order valence-electron chi connectivity index (χ2n) is 6.43. The molecule has 0 aliphatic heterocycles. The molecule has 0 aromatic heterocycles. The molecule has 2 rings (SSSR count). The van der Waals surface area contributed by atoms with E-state index in [4.69, 9.17) is 4.74 Å². The molecule has 1 N–H and O–H groups in total. The van der Waals surface area contributed by atoms with E-state index in [0.717, 1.165) is 11.3 Å². The Hall–Kier alpha value is -3.59. The van der Waals surface area contributed by atoms with Crippen LogP contribution >= 0.6 is 0 Å². The van der Waals surface area contributed by atoms with Crippen molar-refractivity contribution in [1.29, 1.82) is 5.26 Å². The lowest BCUT2D eigenvalue weighted by atomic mass is 10.1. The van der Waals surface area contributed by atoms with Gasteiger partial charge in [0.05, 0.1) is 6.04 Å². The zero-order valence-electron chi connectivity index (χ0n) is 16.2. The zero-order chi connectivity index (χ0) is 20.5. The third-order valence-electron chi connectivity index (χ3n) is 4.07. The van der Waals surface area contributed by atoms with E-state index in [-0.39, 0.29) is 11.6 Å². The lowest BCUT2D eigenvalue weighted by molar-refractivity contribution is -0.144. The summed E-state index contributed by atoms with van der Waals surface area (Å²) in [6.45, 7) is 1.39. The molecule has 0 heterocycles. The fraction of sp³-hybridized carbons (Fsp3) is 0.227. The van der Waals surface area contributed by atoms with Crippen LogP contribution in [-0.2, 0) is 14.3 Å². The summed E-state index contributed by atoms with van der Waals surface area (Å²) in [4.78, 5) is 26.1. The van der Waals surface area contributed by atoms with Crippen molar-refractivity contribution < 1.29 is 14.3 Å². The van der Waals surface area contributed by atoms with Gasteiger partial charge in [0, 0.05) is 19.8 Å². The number of carbonyl (C=O) groups is 2. The number of nitriles is 1. The van der Waals surface area contributed by atoms with Gasteiger partial charge in [0.1, 0.15) is 11.6 Å². The van der Waals surface area contributed by atoms with Gasteiger partial charge < -0.3 is 15.0 Å². The van der Waals surface area contributed by atoms with Crippen LogP contribution in [0.5, 0.6) is 0 Å². The Morgan fingerprint density at radius 2 is 1.79 bits per heavy atom. The van der Waals surface area contributed by atoms with Gasteiger partial charge in [-0.15, -0.1) is 0 Å². The first-order valence-corrected chi connectivity index (χ1v) is 8.81. The predicted octanol–water partition coefficient (Wildman–Crippen LogP) is 3.08. The average molecular weight is 377 g/mol. The molecule has 144 valence electrons. The van der Waals surface area contributed by atoms with Crippen molar-refractivity contribution in [3.8, 4) is 6.07 Å². The summed E-state index contributed by atoms with van der Waals surface area (Å²) in [6, 6.07) is 18.4. The maximum absolute atomic E-state index is 12.1. The van der Waals surface area contributed by atoms with Crippen LogP contribution in [0.1, 0.15) is 24.1 Å². The van der Waals surface area contributed by atoms with Gasteiger partial charge in [-0.2, -0.15) is 5.26 Å². The minimum atomic E-state index is -0.832. The van der Waals surface area contributed by atoms with Crippen LogP contribution in [0.25, 0.3) is 6.08 Å². The van der Waals surface area contributed by atoms with Crippen LogP contribution in [0, 0.1) is 11.3 Å². The monoisotopic (exact) mass is 377 g/mol. The Balaban J connectivity index is 1.92. The van der Waals surface area contributed by atoms with Gasteiger partial charge in [-0.3, -0.25) is 4.79 Å².